The molecule has 2 N–H and O–H groups in total. The Labute approximate surface area is 207 Å². The first-order valence-corrected chi connectivity index (χ1v) is 12.2. The van der Waals surface area contributed by atoms with Crippen molar-refractivity contribution in [2.24, 2.45) is 5.92 Å². The van der Waals surface area contributed by atoms with E-state index in [1.54, 1.807) is 24.1 Å². The third kappa shape index (κ3) is 6.02. The quantitative estimate of drug-likeness (QED) is 0.522. The monoisotopic (exact) mass is 493 g/mol. The fraction of sp³-hybridized carbons (Fsp3) is 0.320. The molecule has 10 heteroatoms. The van der Waals surface area contributed by atoms with Crippen molar-refractivity contribution in [1.29, 1.82) is 0 Å². The van der Waals surface area contributed by atoms with Gasteiger partial charge in [-0.1, -0.05) is 47.2 Å². The van der Waals surface area contributed by atoms with Gasteiger partial charge in [0, 0.05) is 30.9 Å². The van der Waals surface area contributed by atoms with Crippen molar-refractivity contribution in [3.63, 3.8) is 0 Å². The van der Waals surface area contributed by atoms with E-state index in [0.29, 0.717) is 43.9 Å². The molecule has 2 heterocycles. The fourth-order valence-electron chi connectivity index (χ4n) is 3.91. The molecule has 0 aliphatic carbocycles. The zero-order chi connectivity index (χ0) is 24.8. The predicted molar refractivity (Wildman–Crippen MR) is 133 cm³/mol. The minimum absolute atomic E-state index is 0.108. The number of amides is 3. The van der Waals surface area contributed by atoms with Crippen LogP contribution in [0.5, 0.6) is 5.75 Å². The zero-order valence-corrected chi connectivity index (χ0v) is 20.4. The van der Waals surface area contributed by atoms with Gasteiger partial charge in [0.1, 0.15) is 5.75 Å². The van der Waals surface area contributed by atoms with E-state index in [2.05, 4.69) is 20.8 Å². The number of nitrogens with zero attached hydrogens (tertiary/aromatic N) is 3. The van der Waals surface area contributed by atoms with E-state index in [-0.39, 0.29) is 27.7 Å². The molecule has 4 rings (SSSR count). The summed E-state index contributed by atoms with van der Waals surface area (Å²) < 4.78 is 5.33. The number of methoxy groups -OCH3 is 1. The molecule has 0 bridgehead atoms. The smallest absolute Gasteiger partial charge is 0.286 e. The molecule has 0 spiro atoms. The summed E-state index contributed by atoms with van der Waals surface area (Å²) in [6.45, 7) is 3.13. The molecule has 2 aromatic carbocycles. The maximum absolute atomic E-state index is 13.0. The van der Waals surface area contributed by atoms with Gasteiger partial charge in [-0.3, -0.25) is 14.4 Å². The first kappa shape index (κ1) is 24.3. The van der Waals surface area contributed by atoms with Crippen LogP contribution in [-0.4, -0.2) is 53.0 Å². The third-order valence-electron chi connectivity index (χ3n) is 5.84. The van der Waals surface area contributed by atoms with Gasteiger partial charge in [0.2, 0.25) is 15.9 Å². The lowest BCUT2D eigenvalue weighted by molar-refractivity contribution is -0.126. The summed E-state index contributed by atoms with van der Waals surface area (Å²) in [5, 5.41) is 13.8. The molecule has 182 valence electrons. The van der Waals surface area contributed by atoms with Gasteiger partial charge in [-0.15, -0.1) is 10.2 Å². The normalized spacial score (nSPS) is 15.4. The van der Waals surface area contributed by atoms with Crippen molar-refractivity contribution in [1.82, 2.24) is 20.4 Å². The number of rotatable bonds is 7. The van der Waals surface area contributed by atoms with Crippen LogP contribution in [0.1, 0.15) is 43.6 Å². The van der Waals surface area contributed by atoms with Crippen molar-refractivity contribution in [2.75, 3.05) is 25.5 Å². The average Bonchev–Trinajstić information content (AvgIpc) is 3.39. The molecular formula is C25H27N5O4S. The van der Waals surface area contributed by atoms with Crippen molar-refractivity contribution in [3.8, 4) is 5.75 Å². The minimum atomic E-state index is -0.419. The molecule has 1 saturated heterocycles. The summed E-state index contributed by atoms with van der Waals surface area (Å²) in [6.07, 6.45) is 1.40. The Bertz CT molecular complexity index is 1210. The highest BCUT2D eigenvalue weighted by atomic mass is 32.1. The lowest BCUT2D eigenvalue weighted by atomic mass is 9.97. The number of nitrogens with one attached hydrogen (secondary N) is 2. The number of aryl methyl sites for hydroxylation is 1. The number of benzene rings is 2. The summed E-state index contributed by atoms with van der Waals surface area (Å²) >= 11 is 0.946. The Morgan fingerprint density at radius 2 is 1.83 bits per heavy atom. The largest absolute Gasteiger partial charge is 0.496 e. The van der Waals surface area contributed by atoms with Crippen molar-refractivity contribution >= 4 is 34.7 Å². The molecule has 1 aromatic heterocycles. The van der Waals surface area contributed by atoms with Gasteiger partial charge in [-0.2, -0.15) is 0 Å². The van der Waals surface area contributed by atoms with Gasteiger partial charge in [0.15, 0.2) is 0 Å². The number of aromatic nitrogens is 2. The first-order chi connectivity index (χ1) is 16.9. The van der Waals surface area contributed by atoms with Crippen molar-refractivity contribution in [3.05, 3.63) is 69.7 Å². The summed E-state index contributed by atoms with van der Waals surface area (Å²) in [4.78, 5) is 39.9. The minimum Gasteiger partial charge on any atom is -0.496 e. The molecule has 9 nitrogen and oxygen atoms in total. The van der Waals surface area contributed by atoms with Crippen LogP contribution < -0.4 is 15.4 Å². The Kier molecular flexibility index (Phi) is 7.71. The number of hydrogen-bond acceptors (Lipinski definition) is 7. The molecule has 1 aliphatic heterocycles. The Balaban J connectivity index is 1.34. The molecule has 1 unspecified atom stereocenters. The van der Waals surface area contributed by atoms with Crippen LogP contribution in [0.3, 0.4) is 0 Å². The van der Waals surface area contributed by atoms with Crippen LogP contribution in [0.4, 0.5) is 5.69 Å². The first-order valence-electron chi connectivity index (χ1n) is 11.3. The zero-order valence-electron chi connectivity index (χ0n) is 19.6. The molecule has 0 saturated carbocycles. The number of para-hydroxylation sites is 1. The summed E-state index contributed by atoms with van der Waals surface area (Å²) in [6, 6.07) is 14.9. The van der Waals surface area contributed by atoms with E-state index in [1.165, 1.54) is 0 Å². The Hall–Kier alpha value is -3.79. The molecular weight excluding hydrogens is 466 g/mol. The summed E-state index contributed by atoms with van der Waals surface area (Å²) in [7, 11) is 1.59. The van der Waals surface area contributed by atoms with E-state index >= 15 is 0 Å². The second-order valence-electron chi connectivity index (χ2n) is 8.35. The summed E-state index contributed by atoms with van der Waals surface area (Å²) in [5.74, 6) is -0.452. The maximum atomic E-state index is 13.0. The van der Waals surface area contributed by atoms with Crippen LogP contribution in [0.25, 0.3) is 0 Å². The van der Waals surface area contributed by atoms with Gasteiger partial charge in [0.25, 0.3) is 11.8 Å². The number of piperidine rings is 1. The number of anilines is 1. The number of carbonyl (C=O) groups excluding carboxylic acids is 3. The number of likely N-dealkylation sites (tertiary alicyclic amines) is 1. The van der Waals surface area contributed by atoms with E-state index in [1.807, 2.05) is 43.3 Å². The number of hydrogen-bond donors (Lipinski definition) is 2. The molecule has 3 aromatic rings. The van der Waals surface area contributed by atoms with Crippen molar-refractivity contribution < 1.29 is 19.1 Å². The fourth-order valence-corrected chi connectivity index (χ4v) is 4.62. The van der Waals surface area contributed by atoms with Crippen LogP contribution in [-0.2, 0) is 11.3 Å². The number of carbonyl (C=O) groups is 3. The average molecular weight is 494 g/mol. The van der Waals surface area contributed by atoms with E-state index in [9.17, 15) is 14.4 Å². The van der Waals surface area contributed by atoms with Crippen LogP contribution in [0, 0.1) is 12.8 Å². The second-order valence-corrected chi connectivity index (χ2v) is 9.33. The predicted octanol–water partition coefficient (Wildman–Crippen LogP) is 3.28. The molecule has 1 atom stereocenters. The van der Waals surface area contributed by atoms with Crippen molar-refractivity contribution in [2.45, 2.75) is 26.3 Å². The highest BCUT2D eigenvalue weighted by molar-refractivity contribution is 7.15. The third-order valence-corrected chi connectivity index (χ3v) is 6.75. The van der Waals surface area contributed by atoms with E-state index < -0.39 is 5.91 Å². The summed E-state index contributed by atoms with van der Waals surface area (Å²) in [5.41, 5.74) is 2.61. The highest BCUT2D eigenvalue weighted by Gasteiger charge is 2.31. The van der Waals surface area contributed by atoms with Crippen LogP contribution >= 0.6 is 11.3 Å². The molecule has 1 fully saturated rings. The van der Waals surface area contributed by atoms with Gasteiger partial charge in [-0.25, -0.2) is 0 Å². The Morgan fingerprint density at radius 1 is 1.09 bits per heavy atom. The Morgan fingerprint density at radius 3 is 2.60 bits per heavy atom. The topological polar surface area (TPSA) is 114 Å². The van der Waals surface area contributed by atoms with Gasteiger partial charge < -0.3 is 20.3 Å². The molecule has 0 radical (unpaired) electrons. The molecule has 35 heavy (non-hydrogen) atoms. The lowest BCUT2D eigenvalue weighted by Crippen LogP contribution is -2.45. The van der Waals surface area contributed by atoms with Crippen LogP contribution in [0.2, 0.25) is 0 Å². The van der Waals surface area contributed by atoms with Gasteiger partial charge >= 0.3 is 0 Å². The second kappa shape index (κ2) is 11.1. The lowest BCUT2D eigenvalue weighted by Gasteiger charge is -2.31. The van der Waals surface area contributed by atoms with Crippen LogP contribution in [0.15, 0.2) is 48.5 Å². The number of ether oxygens (including phenoxy) is 1. The van der Waals surface area contributed by atoms with E-state index in [4.69, 9.17) is 4.74 Å². The highest BCUT2D eigenvalue weighted by Crippen LogP contribution is 2.22. The molecule has 3 amide bonds. The van der Waals surface area contributed by atoms with Gasteiger partial charge in [0.05, 0.1) is 13.0 Å². The van der Waals surface area contributed by atoms with Gasteiger partial charge in [-0.05, 0) is 38.0 Å². The maximum Gasteiger partial charge on any atom is 0.286 e. The van der Waals surface area contributed by atoms with E-state index in [0.717, 1.165) is 22.5 Å². The SMILES string of the molecule is COc1ccccc1CNC(=O)C1CCCN(C(=O)c2nnc(C(=O)Nc3ccc(C)cc3)s2)C1. The standard InChI is InChI=1S/C25H27N5O4S/c1-16-9-11-19(12-10-16)27-22(32)23-28-29-24(35-23)25(33)30-13-5-7-18(15-30)21(31)26-14-17-6-3-4-8-20(17)34-2/h3-4,6,8-12,18H,5,7,13-15H2,1-2H3,(H,26,31)(H,27,32). The molecule has 1 aliphatic rings.